The standard InChI is InChI=1S/C15H12BrN3O4S/c1-9-8-10(2-3-11(9)16)19-24(21,22)15-7-5-13(23-15)12-4-6-14(20)18-17-12/h2-8,19H,1H3,(H,18,20). The van der Waals surface area contributed by atoms with E-state index in [2.05, 4.69) is 30.8 Å². The normalized spacial score (nSPS) is 11.4. The summed E-state index contributed by atoms with van der Waals surface area (Å²) in [5.41, 5.74) is 1.30. The largest absolute Gasteiger partial charge is 0.441 e. The van der Waals surface area contributed by atoms with Crippen LogP contribution in [0.3, 0.4) is 0 Å². The van der Waals surface area contributed by atoms with Gasteiger partial charge >= 0.3 is 0 Å². The number of aryl methyl sites for hydroxylation is 1. The highest BCUT2D eigenvalue weighted by atomic mass is 79.9. The number of hydrogen-bond donors (Lipinski definition) is 2. The van der Waals surface area contributed by atoms with E-state index in [9.17, 15) is 13.2 Å². The van der Waals surface area contributed by atoms with Crippen LogP contribution in [0.25, 0.3) is 11.5 Å². The lowest BCUT2D eigenvalue weighted by Gasteiger charge is -2.07. The number of furan rings is 1. The summed E-state index contributed by atoms with van der Waals surface area (Å²) in [6, 6.07) is 10.6. The molecule has 0 spiro atoms. The van der Waals surface area contributed by atoms with Gasteiger partial charge in [-0.2, -0.15) is 13.5 Å². The average molecular weight is 410 g/mol. The number of aromatic nitrogens is 2. The SMILES string of the molecule is Cc1cc(NS(=O)(=O)c2ccc(-c3ccc(=O)[nH]n3)o2)ccc1Br. The predicted octanol–water partition coefficient (Wildman–Crippen LogP) is 2.90. The Hall–Kier alpha value is -2.39. The molecule has 0 radical (unpaired) electrons. The van der Waals surface area contributed by atoms with Crippen molar-refractivity contribution in [1.82, 2.24) is 10.2 Å². The maximum Gasteiger partial charge on any atom is 0.295 e. The molecule has 0 fully saturated rings. The van der Waals surface area contributed by atoms with Crippen molar-refractivity contribution < 1.29 is 12.8 Å². The van der Waals surface area contributed by atoms with Gasteiger partial charge < -0.3 is 4.42 Å². The molecule has 24 heavy (non-hydrogen) atoms. The molecule has 7 nitrogen and oxygen atoms in total. The number of nitrogens with zero attached hydrogens (tertiary/aromatic N) is 1. The molecule has 0 bridgehead atoms. The summed E-state index contributed by atoms with van der Waals surface area (Å²) in [4.78, 5) is 11.0. The predicted molar refractivity (Wildman–Crippen MR) is 92.2 cm³/mol. The fourth-order valence-electron chi connectivity index (χ4n) is 2.00. The Morgan fingerprint density at radius 2 is 1.96 bits per heavy atom. The Bertz CT molecular complexity index is 1040. The Balaban J connectivity index is 1.89. The highest BCUT2D eigenvalue weighted by molar-refractivity contribution is 9.10. The van der Waals surface area contributed by atoms with Gasteiger partial charge in [0.25, 0.3) is 15.6 Å². The molecule has 124 valence electrons. The molecule has 1 aromatic carbocycles. The summed E-state index contributed by atoms with van der Waals surface area (Å²) >= 11 is 3.36. The minimum absolute atomic E-state index is 0.235. The Kier molecular flexibility index (Phi) is 4.29. The number of rotatable bonds is 4. The van der Waals surface area contributed by atoms with Gasteiger partial charge in [-0.1, -0.05) is 15.9 Å². The quantitative estimate of drug-likeness (QED) is 0.688. The average Bonchev–Trinajstić information content (AvgIpc) is 3.02. The van der Waals surface area contributed by atoms with Gasteiger partial charge in [0.15, 0.2) is 5.76 Å². The molecule has 0 saturated heterocycles. The molecule has 3 rings (SSSR count). The van der Waals surface area contributed by atoms with Crippen LogP contribution in [0.4, 0.5) is 5.69 Å². The van der Waals surface area contributed by atoms with E-state index in [-0.39, 0.29) is 16.4 Å². The second-order valence-electron chi connectivity index (χ2n) is 4.99. The van der Waals surface area contributed by atoms with Crippen LogP contribution in [0, 0.1) is 6.92 Å². The van der Waals surface area contributed by atoms with Crippen molar-refractivity contribution in [3.63, 3.8) is 0 Å². The highest BCUT2D eigenvalue weighted by Crippen LogP contribution is 2.25. The molecule has 2 aromatic heterocycles. The maximum atomic E-state index is 12.4. The summed E-state index contributed by atoms with van der Waals surface area (Å²) in [6.07, 6.45) is 0. The van der Waals surface area contributed by atoms with Crippen LogP contribution in [0.2, 0.25) is 0 Å². The molecule has 0 saturated carbocycles. The first-order valence-electron chi connectivity index (χ1n) is 6.80. The monoisotopic (exact) mass is 409 g/mol. The molecular weight excluding hydrogens is 398 g/mol. The maximum absolute atomic E-state index is 12.4. The van der Waals surface area contributed by atoms with Crippen LogP contribution in [-0.2, 0) is 10.0 Å². The zero-order valence-electron chi connectivity index (χ0n) is 12.4. The first-order valence-corrected chi connectivity index (χ1v) is 9.08. The van der Waals surface area contributed by atoms with E-state index in [1.807, 2.05) is 6.92 Å². The van der Waals surface area contributed by atoms with Crippen molar-refractivity contribution in [3.05, 3.63) is 62.9 Å². The van der Waals surface area contributed by atoms with Gasteiger partial charge in [-0.25, -0.2) is 5.10 Å². The van der Waals surface area contributed by atoms with E-state index >= 15 is 0 Å². The van der Waals surface area contributed by atoms with Crippen molar-refractivity contribution in [1.29, 1.82) is 0 Å². The number of H-pyrrole nitrogens is 1. The van der Waals surface area contributed by atoms with Gasteiger partial charge in [-0.3, -0.25) is 9.52 Å². The molecule has 0 aliphatic rings. The molecular formula is C15H12BrN3O4S. The van der Waals surface area contributed by atoms with Crippen LogP contribution in [-0.4, -0.2) is 18.6 Å². The molecule has 2 heterocycles. The fraction of sp³-hybridized carbons (Fsp3) is 0.0667. The number of nitrogens with one attached hydrogen (secondary N) is 2. The molecule has 0 amide bonds. The van der Waals surface area contributed by atoms with Crippen LogP contribution >= 0.6 is 15.9 Å². The van der Waals surface area contributed by atoms with Crippen molar-refractivity contribution in [3.8, 4) is 11.5 Å². The van der Waals surface area contributed by atoms with Gasteiger partial charge in [-0.05, 0) is 48.9 Å². The Morgan fingerprint density at radius 3 is 2.62 bits per heavy atom. The minimum atomic E-state index is -3.87. The lowest BCUT2D eigenvalue weighted by atomic mass is 10.2. The minimum Gasteiger partial charge on any atom is -0.441 e. The molecule has 9 heteroatoms. The zero-order valence-corrected chi connectivity index (χ0v) is 14.8. The van der Waals surface area contributed by atoms with Gasteiger partial charge in [0.05, 0.1) is 0 Å². The molecule has 0 aliphatic heterocycles. The van der Waals surface area contributed by atoms with E-state index < -0.39 is 10.0 Å². The van der Waals surface area contributed by atoms with Gasteiger partial charge in [0.2, 0.25) is 5.09 Å². The second kappa shape index (κ2) is 6.25. The van der Waals surface area contributed by atoms with Crippen molar-refractivity contribution in [2.45, 2.75) is 12.0 Å². The highest BCUT2D eigenvalue weighted by Gasteiger charge is 2.20. The van der Waals surface area contributed by atoms with Crippen LogP contribution in [0.15, 0.2) is 61.2 Å². The Morgan fingerprint density at radius 1 is 1.17 bits per heavy atom. The number of anilines is 1. The third-order valence-corrected chi connectivity index (χ3v) is 5.33. The topological polar surface area (TPSA) is 105 Å². The molecule has 0 aliphatic carbocycles. The third kappa shape index (κ3) is 3.41. The summed E-state index contributed by atoms with van der Waals surface area (Å²) in [5.74, 6) is 0.235. The number of benzene rings is 1. The summed E-state index contributed by atoms with van der Waals surface area (Å²) in [6.45, 7) is 1.86. The van der Waals surface area contributed by atoms with Crippen LogP contribution in [0.5, 0.6) is 0 Å². The number of hydrogen-bond acceptors (Lipinski definition) is 5. The zero-order chi connectivity index (χ0) is 17.3. The van der Waals surface area contributed by atoms with E-state index in [4.69, 9.17) is 4.42 Å². The first kappa shape index (κ1) is 16.5. The van der Waals surface area contributed by atoms with E-state index in [0.717, 1.165) is 10.0 Å². The number of aromatic amines is 1. The van der Waals surface area contributed by atoms with Gasteiger partial charge in [0.1, 0.15) is 5.69 Å². The molecule has 2 N–H and O–H groups in total. The Labute approximate surface area is 145 Å². The second-order valence-corrected chi connectivity index (χ2v) is 7.46. The van der Waals surface area contributed by atoms with E-state index in [1.165, 1.54) is 24.3 Å². The summed E-state index contributed by atoms with van der Waals surface area (Å²) < 4.78 is 33.5. The smallest absolute Gasteiger partial charge is 0.295 e. The lowest BCUT2D eigenvalue weighted by molar-refractivity contribution is 0.461. The van der Waals surface area contributed by atoms with Crippen LogP contribution in [0.1, 0.15) is 5.56 Å². The molecule has 0 unspecified atom stereocenters. The van der Waals surface area contributed by atoms with Crippen molar-refractivity contribution in [2.24, 2.45) is 0 Å². The van der Waals surface area contributed by atoms with Gasteiger partial charge in [-0.15, -0.1) is 0 Å². The van der Waals surface area contributed by atoms with Crippen molar-refractivity contribution >= 4 is 31.6 Å². The molecule has 3 aromatic rings. The first-order chi connectivity index (χ1) is 11.3. The van der Waals surface area contributed by atoms with Gasteiger partial charge in [0, 0.05) is 16.2 Å². The van der Waals surface area contributed by atoms with E-state index in [0.29, 0.717) is 11.4 Å². The molecule has 0 atom stereocenters. The summed E-state index contributed by atoms with van der Waals surface area (Å²) in [7, 11) is -3.87. The number of halogens is 1. The third-order valence-electron chi connectivity index (χ3n) is 3.19. The number of sulfonamides is 1. The summed E-state index contributed by atoms with van der Waals surface area (Å²) in [5, 5.41) is 5.82. The fourth-order valence-corrected chi connectivity index (χ4v) is 3.23. The van der Waals surface area contributed by atoms with Crippen LogP contribution < -0.4 is 10.3 Å². The van der Waals surface area contributed by atoms with Crippen molar-refractivity contribution in [2.75, 3.05) is 4.72 Å². The lowest BCUT2D eigenvalue weighted by Crippen LogP contribution is -2.12. The van der Waals surface area contributed by atoms with E-state index in [1.54, 1.807) is 18.2 Å².